The maximum Gasteiger partial charge on any atom is 0.225 e. The second kappa shape index (κ2) is 8.56. The second-order valence-corrected chi connectivity index (χ2v) is 5.41. The summed E-state index contributed by atoms with van der Waals surface area (Å²) in [4.78, 5) is 8.86. The van der Waals surface area contributed by atoms with Crippen molar-refractivity contribution in [2.45, 2.75) is 19.9 Å². The second-order valence-electron chi connectivity index (χ2n) is 4.97. The minimum Gasteiger partial charge on any atom is -0.385 e. The topological polar surface area (TPSA) is 59.1 Å². The molecule has 118 valence electrons. The molecule has 0 saturated carbocycles. The molecule has 0 aliphatic rings. The summed E-state index contributed by atoms with van der Waals surface area (Å²) in [6.45, 7) is 4.17. The minimum absolute atomic E-state index is 0.615. The van der Waals surface area contributed by atoms with Crippen LogP contribution in [-0.2, 0) is 11.3 Å². The van der Waals surface area contributed by atoms with Crippen LogP contribution < -0.4 is 10.6 Å². The third-order valence-corrected chi connectivity index (χ3v) is 3.30. The number of anilines is 2. The molecule has 0 fully saturated rings. The van der Waals surface area contributed by atoms with E-state index in [0.29, 0.717) is 12.5 Å². The molecule has 2 rings (SSSR count). The van der Waals surface area contributed by atoms with Gasteiger partial charge in [-0.3, -0.25) is 0 Å². The highest BCUT2D eigenvalue weighted by Crippen LogP contribution is 2.13. The van der Waals surface area contributed by atoms with E-state index in [2.05, 4.69) is 20.6 Å². The molecule has 6 heteroatoms. The molecule has 1 heterocycles. The van der Waals surface area contributed by atoms with E-state index in [9.17, 15) is 0 Å². The lowest BCUT2D eigenvalue weighted by Crippen LogP contribution is -2.09. The first-order chi connectivity index (χ1) is 10.7. The number of nitrogens with one attached hydrogen (secondary N) is 2. The summed E-state index contributed by atoms with van der Waals surface area (Å²) in [5.74, 6) is 1.44. The van der Waals surface area contributed by atoms with Crippen LogP contribution in [0, 0.1) is 6.92 Å². The number of hydrogen-bond acceptors (Lipinski definition) is 5. The molecule has 22 heavy (non-hydrogen) atoms. The SMILES string of the molecule is COCCCNc1cc(C)nc(NCc2ccc(Cl)cc2)n1. The van der Waals surface area contributed by atoms with E-state index >= 15 is 0 Å². The smallest absolute Gasteiger partial charge is 0.225 e. The fraction of sp³-hybridized carbons (Fsp3) is 0.375. The number of aryl methyl sites for hydroxylation is 1. The predicted molar refractivity (Wildman–Crippen MR) is 90.5 cm³/mol. The Kier molecular flexibility index (Phi) is 6.43. The highest BCUT2D eigenvalue weighted by molar-refractivity contribution is 6.30. The predicted octanol–water partition coefficient (Wildman–Crippen LogP) is 3.50. The van der Waals surface area contributed by atoms with E-state index in [1.807, 2.05) is 37.3 Å². The number of methoxy groups -OCH3 is 1. The van der Waals surface area contributed by atoms with Crippen molar-refractivity contribution in [3.8, 4) is 0 Å². The molecule has 0 aliphatic heterocycles. The van der Waals surface area contributed by atoms with Crippen LogP contribution >= 0.6 is 11.6 Å². The summed E-state index contributed by atoms with van der Waals surface area (Å²) in [5, 5.41) is 7.25. The molecule has 0 saturated heterocycles. The van der Waals surface area contributed by atoms with E-state index in [1.54, 1.807) is 7.11 Å². The first-order valence-electron chi connectivity index (χ1n) is 7.24. The Labute approximate surface area is 136 Å². The zero-order chi connectivity index (χ0) is 15.8. The Hall–Kier alpha value is -1.85. The van der Waals surface area contributed by atoms with Gasteiger partial charge in [-0.25, -0.2) is 4.98 Å². The Morgan fingerprint density at radius 3 is 2.64 bits per heavy atom. The zero-order valence-electron chi connectivity index (χ0n) is 12.9. The van der Waals surface area contributed by atoms with Crippen LogP contribution in [-0.4, -0.2) is 30.2 Å². The number of aromatic nitrogens is 2. The number of ether oxygens (including phenoxy) is 1. The Morgan fingerprint density at radius 2 is 1.91 bits per heavy atom. The average Bonchev–Trinajstić information content (AvgIpc) is 2.51. The van der Waals surface area contributed by atoms with Gasteiger partial charge < -0.3 is 15.4 Å². The summed E-state index contributed by atoms with van der Waals surface area (Å²) in [6.07, 6.45) is 0.938. The normalized spacial score (nSPS) is 10.5. The summed E-state index contributed by atoms with van der Waals surface area (Å²) in [7, 11) is 1.70. The van der Waals surface area contributed by atoms with Crippen molar-refractivity contribution in [2.24, 2.45) is 0 Å². The lowest BCUT2D eigenvalue weighted by molar-refractivity contribution is 0.198. The number of nitrogens with zero attached hydrogens (tertiary/aromatic N) is 2. The lowest BCUT2D eigenvalue weighted by atomic mass is 10.2. The number of rotatable bonds is 8. The van der Waals surface area contributed by atoms with Crippen molar-refractivity contribution in [1.29, 1.82) is 0 Å². The molecule has 2 aromatic rings. The molecule has 0 unspecified atom stereocenters. The molecule has 0 bridgehead atoms. The lowest BCUT2D eigenvalue weighted by Gasteiger charge is -2.10. The van der Waals surface area contributed by atoms with Crippen LogP contribution in [0.3, 0.4) is 0 Å². The van der Waals surface area contributed by atoms with Gasteiger partial charge in [0.05, 0.1) is 0 Å². The molecular weight excluding hydrogens is 300 g/mol. The zero-order valence-corrected chi connectivity index (χ0v) is 13.7. The Morgan fingerprint density at radius 1 is 1.14 bits per heavy atom. The van der Waals surface area contributed by atoms with Gasteiger partial charge in [-0.15, -0.1) is 0 Å². The molecule has 0 amide bonds. The summed E-state index contributed by atoms with van der Waals surface area (Å²) >= 11 is 5.88. The van der Waals surface area contributed by atoms with Crippen LogP contribution in [0.15, 0.2) is 30.3 Å². The van der Waals surface area contributed by atoms with Crippen LogP contribution in [0.25, 0.3) is 0 Å². The van der Waals surface area contributed by atoms with Gasteiger partial charge >= 0.3 is 0 Å². The van der Waals surface area contributed by atoms with Gasteiger partial charge in [-0.1, -0.05) is 23.7 Å². The van der Waals surface area contributed by atoms with Gasteiger partial charge in [0.1, 0.15) is 5.82 Å². The number of halogens is 1. The number of benzene rings is 1. The van der Waals surface area contributed by atoms with Crippen LogP contribution in [0.4, 0.5) is 11.8 Å². The summed E-state index contributed by atoms with van der Waals surface area (Å²) in [5.41, 5.74) is 2.05. The standard InChI is InChI=1S/C16H21ClN4O/c1-12-10-15(18-8-3-9-22-2)21-16(20-12)19-11-13-4-6-14(17)7-5-13/h4-7,10H,3,8-9,11H2,1-2H3,(H2,18,19,20,21). The van der Waals surface area contributed by atoms with E-state index in [4.69, 9.17) is 16.3 Å². The van der Waals surface area contributed by atoms with Crippen molar-refractivity contribution >= 4 is 23.4 Å². The minimum atomic E-state index is 0.615. The molecule has 0 radical (unpaired) electrons. The largest absolute Gasteiger partial charge is 0.385 e. The van der Waals surface area contributed by atoms with Gasteiger partial charge in [0.15, 0.2) is 0 Å². The highest BCUT2D eigenvalue weighted by Gasteiger charge is 2.02. The van der Waals surface area contributed by atoms with Gasteiger partial charge in [0, 0.05) is 43.6 Å². The molecule has 5 nitrogen and oxygen atoms in total. The monoisotopic (exact) mass is 320 g/mol. The maximum atomic E-state index is 5.88. The third-order valence-electron chi connectivity index (χ3n) is 3.05. The van der Waals surface area contributed by atoms with Crippen molar-refractivity contribution in [2.75, 3.05) is 30.9 Å². The van der Waals surface area contributed by atoms with Crippen molar-refractivity contribution < 1.29 is 4.74 Å². The van der Waals surface area contributed by atoms with Crippen LogP contribution in [0.5, 0.6) is 0 Å². The molecule has 1 aromatic heterocycles. The van der Waals surface area contributed by atoms with E-state index in [0.717, 1.165) is 41.7 Å². The van der Waals surface area contributed by atoms with Gasteiger partial charge in [0.25, 0.3) is 0 Å². The fourth-order valence-corrected chi connectivity index (χ4v) is 2.08. The third kappa shape index (κ3) is 5.50. The van der Waals surface area contributed by atoms with Crippen molar-refractivity contribution in [3.63, 3.8) is 0 Å². The van der Waals surface area contributed by atoms with E-state index in [1.165, 1.54) is 0 Å². The summed E-state index contributed by atoms with van der Waals surface area (Å²) in [6, 6.07) is 9.64. The number of hydrogen-bond donors (Lipinski definition) is 2. The Bertz CT molecular complexity index is 589. The van der Waals surface area contributed by atoms with Gasteiger partial charge in [-0.05, 0) is 31.0 Å². The molecule has 0 atom stereocenters. The first-order valence-corrected chi connectivity index (χ1v) is 7.62. The van der Waals surface area contributed by atoms with E-state index < -0.39 is 0 Å². The van der Waals surface area contributed by atoms with Gasteiger partial charge in [0.2, 0.25) is 5.95 Å². The van der Waals surface area contributed by atoms with E-state index in [-0.39, 0.29) is 0 Å². The molecular formula is C16H21ClN4O. The molecule has 1 aromatic carbocycles. The fourth-order valence-electron chi connectivity index (χ4n) is 1.95. The van der Waals surface area contributed by atoms with Crippen LogP contribution in [0.1, 0.15) is 17.7 Å². The van der Waals surface area contributed by atoms with Gasteiger partial charge in [-0.2, -0.15) is 4.98 Å². The van der Waals surface area contributed by atoms with Crippen LogP contribution in [0.2, 0.25) is 5.02 Å². The van der Waals surface area contributed by atoms with Crippen molar-refractivity contribution in [3.05, 3.63) is 46.6 Å². The molecule has 2 N–H and O–H groups in total. The molecule has 0 spiro atoms. The quantitative estimate of drug-likeness (QED) is 0.729. The average molecular weight is 321 g/mol. The van der Waals surface area contributed by atoms with Crippen molar-refractivity contribution in [1.82, 2.24) is 9.97 Å². The maximum absolute atomic E-state index is 5.88. The summed E-state index contributed by atoms with van der Waals surface area (Å²) < 4.78 is 5.03. The first kappa shape index (κ1) is 16.5. The molecule has 0 aliphatic carbocycles. The highest BCUT2D eigenvalue weighted by atomic mass is 35.5. The Balaban J connectivity index is 1.92.